The summed E-state index contributed by atoms with van der Waals surface area (Å²) < 4.78 is 5.06. The van der Waals surface area contributed by atoms with Gasteiger partial charge in [0.15, 0.2) is 0 Å². The lowest BCUT2D eigenvalue weighted by molar-refractivity contribution is 1.18. The van der Waals surface area contributed by atoms with Crippen molar-refractivity contribution in [3.63, 3.8) is 0 Å². The number of para-hydroxylation sites is 1. The van der Waals surface area contributed by atoms with E-state index in [1.54, 1.807) is 0 Å². The Kier molecular flexibility index (Phi) is 7.72. The lowest BCUT2D eigenvalue weighted by atomic mass is 9.99. The molecule has 262 valence electrons. The lowest BCUT2D eigenvalue weighted by Crippen LogP contribution is -1.96. The topological polar surface area (TPSA) is 17.8 Å². The molecule has 0 amide bonds. The smallest absolute Gasteiger partial charge is 0.0716 e. The molecule has 0 aliphatic heterocycles. The molecule has 0 fully saturated rings. The van der Waals surface area contributed by atoms with E-state index in [-0.39, 0.29) is 0 Å². The Bertz CT molecular complexity index is 3170. The lowest BCUT2D eigenvalue weighted by Gasteiger charge is -2.13. The molecule has 0 radical (unpaired) electrons. The highest BCUT2D eigenvalue weighted by atomic mass is 32.1. The molecule has 0 bridgehead atoms. The average molecular weight is 731 g/mol. The zero-order valence-electron chi connectivity index (χ0n) is 30.4. The van der Waals surface area contributed by atoms with Crippen molar-refractivity contribution in [1.82, 2.24) is 9.55 Å². The minimum Gasteiger partial charge on any atom is -0.309 e. The molecule has 0 saturated carbocycles. The molecular weight excluding hydrogens is 697 g/mol. The van der Waals surface area contributed by atoms with E-state index in [9.17, 15) is 0 Å². The van der Waals surface area contributed by atoms with E-state index in [4.69, 9.17) is 4.98 Å². The second-order valence-corrected chi connectivity index (χ2v) is 15.3. The summed E-state index contributed by atoms with van der Waals surface area (Å²) in [5.74, 6) is 0. The molecule has 0 atom stereocenters. The third kappa shape index (κ3) is 5.44. The van der Waals surface area contributed by atoms with Crippen molar-refractivity contribution >= 4 is 53.3 Å². The zero-order chi connectivity index (χ0) is 37.0. The predicted molar refractivity (Wildman–Crippen MR) is 239 cm³/mol. The van der Waals surface area contributed by atoms with E-state index in [0.29, 0.717) is 0 Å². The fraction of sp³-hybridized carbons (Fsp3) is 0. The summed E-state index contributed by atoms with van der Waals surface area (Å²) in [4.78, 5) is 5.25. The van der Waals surface area contributed by atoms with Crippen LogP contribution in [0.25, 0.3) is 104 Å². The molecule has 0 N–H and O–H groups in total. The highest BCUT2D eigenvalue weighted by Gasteiger charge is 2.18. The molecule has 0 aliphatic rings. The standard InChI is InChI=1S/C53H34N2S/c1-4-15-35(16-5-1)40-33-48(37-19-8-3-9-20-37)54-49(34-40)39-21-12-22-41(31-39)55-50-28-11-10-23-44(50)47-32-38(29-30-51(47)55)43-25-14-27-46-45-26-13-24-42(52(45)56-53(43)46)36-17-6-2-7-18-36/h1-34H. The van der Waals surface area contributed by atoms with Crippen LogP contribution in [0.3, 0.4) is 0 Å². The number of benzene rings is 8. The van der Waals surface area contributed by atoms with Gasteiger partial charge in [-0.05, 0) is 75.8 Å². The van der Waals surface area contributed by atoms with Crippen molar-refractivity contribution in [3.05, 3.63) is 206 Å². The van der Waals surface area contributed by atoms with Gasteiger partial charge in [0, 0.05) is 47.8 Å². The van der Waals surface area contributed by atoms with E-state index in [1.165, 1.54) is 69.8 Å². The van der Waals surface area contributed by atoms with Gasteiger partial charge in [0.2, 0.25) is 0 Å². The number of aromatic nitrogens is 2. The highest BCUT2D eigenvalue weighted by Crippen LogP contribution is 2.45. The summed E-state index contributed by atoms with van der Waals surface area (Å²) in [6.45, 7) is 0. The third-order valence-electron chi connectivity index (χ3n) is 11.0. The van der Waals surface area contributed by atoms with Crippen LogP contribution in [-0.4, -0.2) is 9.55 Å². The van der Waals surface area contributed by atoms with Crippen LogP contribution in [0, 0.1) is 0 Å². The van der Waals surface area contributed by atoms with E-state index < -0.39 is 0 Å². The van der Waals surface area contributed by atoms with Gasteiger partial charge in [0.1, 0.15) is 0 Å². The van der Waals surface area contributed by atoms with Crippen LogP contribution in [0.5, 0.6) is 0 Å². The number of nitrogens with zero attached hydrogens (tertiary/aromatic N) is 2. The molecule has 0 saturated heterocycles. The van der Waals surface area contributed by atoms with Crippen molar-refractivity contribution < 1.29 is 0 Å². The Balaban J connectivity index is 1.06. The SMILES string of the molecule is c1ccc(-c2cc(-c3ccccc3)nc(-c3cccc(-n4c5ccccc5c5cc(-c6cccc7c6sc6c(-c8ccccc8)cccc67)ccc54)c3)c2)cc1. The summed E-state index contributed by atoms with van der Waals surface area (Å²) in [6, 6.07) is 74.3. The summed E-state index contributed by atoms with van der Waals surface area (Å²) in [7, 11) is 0. The first-order chi connectivity index (χ1) is 27.8. The van der Waals surface area contributed by atoms with Crippen LogP contribution in [0.4, 0.5) is 0 Å². The monoisotopic (exact) mass is 730 g/mol. The fourth-order valence-electron chi connectivity index (χ4n) is 8.35. The summed E-state index contributed by atoms with van der Waals surface area (Å²) in [5, 5.41) is 5.09. The van der Waals surface area contributed by atoms with Gasteiger partial charge < -0.3 is 4.57 Å². The van der Waals surface area contributed by atoms with Gasteiger partial charge in [-0.25, -0.2) is 4.98 Å². The molecule has 3 heterocycles. The highest BCUT2D eigenvalue weighted by molar-refractivity contribution is 7.26. The normalized spacial score (nSPS) is 11.6. The number of thiophene rings is 1. The molecule has 3 aromatic heterocycles. The second-order valence-electron chi connectivity index (χ2n) is 14.3. The van der Waals surface area contributed by atoms with Gasteiger partial charge in [0.25, 0.3) is 0 Å². The van der Waals surface area contributed by atoms with Crippen LogP contribution in [0.15, 0.2) is 206 Å². The molecule has 2 nitrogen and oxygen atoms in total. The Morgan fingerprint density at radius 1 is 0.321 bits per heavy atom. The van der Waals surface area contributed by atoms with E-state index >= 15 is 0 Å². The maximum atomic E-state index is 5.25. The molecule has 8 aromatic carbocycles. The van der Waals surface area contributed by atoms with Gasteiger partial charge in [-0.2, -0.15) is 0 Å². The Morgan fingerprint density at radius 3 is 1.57 bits per heavy atom. The fourth-order valence-corrected chi connectivity index (χ4v) is 9.72. The largest absolute Gasteiger partial charge is 0.309 e. The van der Waals surface area contributed by atoms with Gasteiger partial charge in [-0.1, -0.05) is 164 Å². The average Bonchev–Trinajstić information content (AvgIpc) is 3.83. The Morgan fingerprint density at radius 2 is 0.857 bits per heavy atom. The molecule has 0 aliphatic carbocycles. The Hall–Kier alpha value is -7.07. The number of fused-ring (bicyclic) bond motifs is 6. The number of pyridine rings is 1. The molecule has 0 spiro atoms. The van der Waals surface area contributed by atoms with Crippen LogP contribution >= 0.6 is 11.3 Å². The van der Waals surface area contributed by atoms with E-state index in [2.05, 4.69) is 211 Å². The van der Waals surface area contributed by atoms with Crippen LogP contribution in [0.2, 0.25) is 0 Å². The van der Waals surface area contributed by atoms with E-state index in [1.807, 2.05) is 11.3 Å². The van der Waals surface area contributed by atoms with E-state index in [0.717, 1.165) is 33.8 Å². The van der Waals surface area contributed by atoms with Crippen molar-refractivity contribution in [2.24, 2.45) is 0 Å². The van der Waals surface area contributed by atoms with Gasteiger partial charge in [0.05, 0.1) is 22.4 Å². The van der Waals surface area contributed by atoms with Crippen molar-refractivity contribution in [2.75, 3.05) is 0 Å². The molecule has 0 unspecified atom stereocenters. The van der Waals surface area contributed by atoms with Crippen molar-refractivity contribution in [1.29, 1.82) is 0 Å². The first-order valence-corrected chi connectivity index (χ1v) is 19.9. The van der Waals surface area contributed by atoms with Crippen molar-refractivity contribution in [2.45, 2.75) is 0 Å². The summed E-state index contributed by atoms with van der Waals surface area (Å²) in [6.07, 6.45) is 0. The van der Waals surface area contributed by atoms with Gasteiger partial charge in [-0.3, -0.25) is 0 Å². The maximum absolute atomic E-state index is 5.25. The van der Waals surface area contributed by atoms with Crippen molar-refractivity contribution in [3.8, 4) is 61.6 Å². The zero-order valence-corrected chi connectivity index (χ0v) is 31.2. The summed E-state index contributed by atoms with van der Waals surface area (Å²) >= 11 is 1.90. The number of hydrogen-bond donors (Lipinski definition) is 0. The molecule has 11 aromatic rings. The molecular formula is C53H34N2S. The second kappa shape index (κ2) is 13.3. The minimum absolute atomic E-state index is 0.946. The maximum Gasteiger partial charge on any atom is 0.0716 e. The first-order valence-electron chi connectivity index (χ1n) is 19.0. The van der Waals surface area contributed by atoms with Crippen LogP contribution in [0.1, 0.15) is 0 Å². The quantitative estimate of drug-likeness (QED) is 0.167. The van der Waals surface area contributed by atoms with Crippen LogP contribution < -0.4 is 0 Å². The third-order valence-corrected chi connectivity index (χ3v) is 12.3. The predicted octanol–water partition coefficient (Wildman–Crippen LogP) is 14.9. The minimum atomic E-state index is 0.946. The molecule has 3 heteroatoms. The molecule has 11 rings (SSSR count). The number of hydrogen-bond acceptors (Lipinski definition) is 2. The summed E-state index contributed by atoms with van der Waals surface area (Å²) in [5.41, 5.74) is 14.9. The van der Waals surface area contributed by atoms with Gasteiger partial charge >= 0.3 is 0 Å². The first kappa shape index (κ1) is 32.4. The number of rotatable bonds is 6. The Labute approximate surface area is 329 Å². The van der Waals surface area contributed by atoms with Crippen LogP contribution in [-0.2, 0) is 0 Å². The molecule has 56 heavy (non-hydrogen) atoms. The van der Waals surface area contributed by atoms with Gasteiger partial charge in [-0.15, -0.1) is 11.3 Å².